The summed E-state index contributed by atoms with van der Waals surface area (Å²) in [5.41, 5.74) is 12.9. The van der Waals surface area contributed by atoms with E-state index < -0.39 is 0 Å². The van der Waals surface area contributed by atoms with E-state index >= 15 is 0 Å². The fraction of sp³-hybridized carbons (Fsp3) is 0. The van der Waals surface area contributed by atoms with Gasteiger partial charge in [-0.25, -0.2) is 0 Å². The van der Waals surface area contributed by atoms with Gasteiger partial charge in [-0.05, 0) is 195 Å². The fourth-order valence-electron chi connectivity index (χ4n) is 11.8. The number of fused-ring (bicyclic) bond motifs is 12. The molecule has 0 aliphatic heterocycles. The summed E-state index contributed by atoms with van der Waals surface area (Å²) in [6.45, 7) is 0. The number of hydrogen-bond acceptors (Lipinski definition) is 0. The van der Waals surface area contributed by atoms with E-state index in [1.807, 2.05) is 0 Å². The molecule has 0 saturated carbocycles. The van der Waals surface area contributed by atoms with E-state index in [9.17, 15) is 0 Å². The molecule has 15 rings (SSSR count). The van der Waals surface area contributed by atoms with Gasteiger partial charge in [-0.15, -0.1) is 0 Å². The number of benzene rings is 14. The smallest absolute Gasteiger partial charge is 0.000719 e. The summed E-state index contributed by atoms with van der Waals surface area (Å²) in [5, 5.41) is 23.2. The van der Waals surface area contributed by atoms with E-state index in [4.69, 9.17) is 0 Å². The maximum absolute atomic E-state index is 2.56. The summed E-state index contributed by atoms with van der Waals surface area (Å²) in [4.78, 5) is 0. The average Bonchev–Trinajstić information content (AvgIpc) is 3.68. The van der Waals surface area contributed by atoms with Gasteiger partial charge in [0.1, 0.15) is 0 Å². The number of rotatable bonds is 3. The van der Waals surface area contributed by atoms with Crippen molar-refractivity contribution in [1.29, 1.82) is 0 Å². The molecule has 0 aromatic heterocycles. The Balaban J connectivity index is 1.15. The Morgan fingerprint density at radius 2 is 0.641 bits per heavy atom. The summed E-state index contributed by atoms with van der Waals surface area (Å²) in [6, 6.07) is 82.6. The van der Waals surface area contributed by atoms with Crippen LogP contribution in [0.1, 0.15) is 0 Å². The van der Waals surface area contributed by atoms with Crippen LogP contribution in [0.2, 0.25) is 0 Å². The van der Waals surface area contributed by atoms with Crippen LogP contribution in [0.3, 0.4) is 0 Å². The van der Waals surface area contributed by atoms with E-state index in [0.717, 1.165) is 0 Å². The first kappa shape index (κ1) is 34.3. The first-order chi connectivity index (χ1) is 31.7. The highest BCUT2D eigenvalue weighted by molar-refractivity contribution is 6.37. The summed E-state index contributed by atoms with van der Waals surface area (Å²) in [5.74, 6) is 0. The zero-order valence-corrected chi connectivity index (χ0v) is 34.8. The second kappa shape index (κ2) is 12.6. The third-order valence-electron chi connectivity index (χ3n) is 14.6. The molecule has 0 spiro atoms. The minimum absolute atomic E-state index is 1.23. The molecule has 0 N–H and O–H groups in total. The van der Waals surface area contributed by atoms with Crippen LogP contribution in [0.5, 0.6) is 0 Å². The molecule has 14 aromatic carbocycles. The van der Waals surface area contributed by atoms with E-state index in [1.165, 1.54) is 153 Å². The molecule has 14 aromatic rings. The van der Waals surface area contributed by atoms with Crippen LogP contribution < -0.4 is 0 Å². The Labute approximate surface area is 369 Å². The lowest BCUT2D eigenvalue weighted by atomic mass is 9.80. The van der Waals surface area contributed by atoms with Gasteiger partial charge in [0.05, 0.1) is 0 Å². The van der Waals surface area contributed by atoms with Crippen LogP contribution >= 0.6 is 0 Å². The quantitative estimate of drug-likeness (QED) is 0.123. The second-order valence-electron chi connectivity index (χ2n) is 17.9. The highest BCUT2D eigenvalue weighted by atomic mass is 14.3. The third kappa shape index (κ3) is 4.61. The minimum Gasteiger partial charge on any atom is -0.0622 e. The SMILES string of the molecule is c1ccc(-c2c3c(c(-c4ccccc4)c4cc5c6cc7ccccc7cc6c6cc(-c7ccc8ccccc8c7)ccc6c5cc24)-c2ccc4ccc5cccc6cc-3c2c4c56)cc1. The summed E-state index contributed by atoms with van der Waals surface area (Å²) < 4.78 is 0. The standard InChI is InChI=1S/C64H36/c1-3-13-38(14-4-1)59-56-36-54-52-32-44-19-10-9-18-43(44)31-51(52)50-33-46(45-25-22-37-12-7-8-17-42(37)30-45)27-28-48(50)53(54)35-55(56)60(39-15-5-2-6-16-39)64-57-34-47-21-11-20-40-23-24-41-26-29-49(63(59)64)62(57)61(41)58(40)47/h1-36H. The van der Waals surface area contributed by atoms with Gasteiger partial charge in [0.2, 0.25) is 0 Å². The van der Waals surface area contributed by atoms with Crippen molar-refractivity contribution in [1.82, 2.24) is 0 Å². The van der Waals surface area contributed by atoms with E-state index in [2.05, 4.69) is 218 Å². The predicted molar refractivity (Wildman–Crippen MR) is 276 cm³/mol. The third-order valence-corrected chi connectivity index (χ3v) is 14.6. The van der Waals surface area contributed by atoms with Crippen molar-refractivity contribution in [3.8, 4) is 55.6 Å². The summed E-state index contributed by atoms with van der Waals surface area (Å²) in [7, 11) is 0. The van der Waals surface area contributed by atoms with Crippen molar-refractivity contribution >= 4 is 97.0 Å². The lowest BCUT2D eigenvalue weighted by Crippen LogP contribution is -1.95. The van der Waals surface area contributed by atoms with Gasteiger partial charge < -0.3 is 0 Å². The summed E-state index contributed by atoms with van der Waals surface area (Å²) >= 11 is 0. The molecular formula is C64H36. The molecule has 292 valence electrons. The first-order valence-electron chi connectivity index (χ1n) is 22.4. The molecule has 1 aliphatic carbocycles. The van der Waals surface area contributed by atoms with Crippen LogP contribution in [-0.4, -0.2) is 0 Å². The molecule has 0 radical (unpaired) electrons. The average molecular weight is 805 g/mol. The van der Waals surface area contributed by atoms with Crippen LogP contribution in [0.4, 0.5) is 0 Å². The van der Waals surface area contributed by atoms with Gasteiger partial charge >= 0.3 is 0 Å². The van der Waals surface area contributed by atoms with Crippen molar-refractivity contribution < 1.29 is 0 Å². The van der Waals surface area contributed by atoms with E-state index in [-0.39, 0.29) is 0 Å². The van der Waals surface area contributed by atoms with Crippen LogP contribution in [0.25, 0.3) is 153 Å². The molecule has 64 heavy (non-hydrogen) atoms. The van der Waals surface area contributed by atoms with Gasteiger partial charge in [0.25, 0.3) is 0 Å². The summed E-state index contributed by atoms with van der Waals surface area (Å²) in [6.07, 6.45) is 0. The zero-order chi connectivity index (χ0) is 41.6. The molecule has 0 fully saturated rings. The van der Waals surface area contributed by atoms with Crippen molar-refractivity contribution in [2.24, 2.45) is 0 Å². The lowest BCUT2D eigenvalue weighted by Gasteiger charge is -2.22. The first-order valence-corrected chi connectivity index (χ1v) is 22.4. The van der Waals surface area contributed by atoms with Crippen LogP contribution in [0, 0.1) is 0 Å². The normalized spacial score (nSPS) is 12.4. The molecule has 0 nitrogen and oxygen atoms in total. The topological polar surface area (TPSA) is 0 Å². The minimum atomic E-state index is 1.23. The monoisotopic (exact) mass is 804 g/mol. The van der Waals surface area contributed by atoms with Crippen molar-refractivity contribution in [3.05, 3.63) is 218 Å². The number of hydrogen-bond donors (Lipinski definition) is 0. The van der Waals surface area contributed by atoms with Crippen molar-refractivity contribution in [3.63, 3.8) is 0 Å². The molecule has 0 unspecified atom stereocenters. The van der Waals surface area contributed by atoms with Gasteiger partial charge in [-0.1, -0.05) is 176 Å². The second-order valence-corrected chi connectivity index (χ2v) is 17.9. The highest BCUT2D eigenvalue weighted by Gasteiger charge is 2.32. The molecule has 0 saturated heterocycles. The zero-order valence-electron chi connectivity index (χ0n) is 34.8. The maximum Gasteiger partial charge on any atom is -0.000719 e. The Hall–Kier alpha value is -8.32. The Morgan fingerprint density at radius 3 is 1.33 bits per heavy atom. The van der Waals surface area contributed by atoms with E-state index in [1.54, 1.807) is 0 Å². The Bertz CT molecular complexity index is 4330. The van der Waals surface area contributed by atoms with Gasteiger partial charge in [0.15, 0.2) is 0 Å². The molecule has 0 heteroatoms. The largest absolute Gasteiger partial charge is 0.0622 e. The molecule has 0 bridgehead atoms. The molecule has 0 amide bonds. The Kier molecular flexibility index (Phi) is 6.77. The Morgan fingerprint density at radius 1 is 0.172 bits per heavy atom. The lowest BCUT2D eigenvalue weighted by molar-refractivity contribution is 1.63. The van der Waals surface area contributed by atoms with E-state index in [0.29, 0.717) is 0 Å². The van der Waals surface area contributed by atoms with Gasteiger partial charge in [-0.2, -0.15) is 0 Å². The van der Waals surface area contributed by atoms with Gasteiger partial charge in [0, 0.05) is 0 Å². The molecule has 1 aliphatic rings. The maximum atomic E-state index is 2.56. The fourth-order valence-corrected chi connectivity index (χ4v) is 11.8. The van der Waals surface area contributed by atoms with Gasteiger partial charge in [-0.3, -0.25) is 0 Å². The molecule has 0 atom stereocenters. The van der Waals surface area contributed by atoms with Crippen molar-refractivity contribution in [2.45, 2.75) is 0 Å². The highest BCUT2D eigenvalue weighted by Crippen LogP contribution is 2.60. The molecular weight excluding hydrogens is 769 g/mol. The van der Waals surface area contributed by atoms with Crippen LogP contribution in [0.15, 0.2) is 218 Å². The predicted octanol–water partition coefficient (Wildman–Crippen LogP) is 18.2. The van der Waals surface area contributed by atoms with Crippen molar-refractivity contribution in [2.75, 3.05) is 0 Å². The van der Waals surface area contributed by atoms with Crippen LogP contribution in [-0.2, 0) is 0 Å². The molecule has 0 heterocycles.